The molecule has 15 heavy (non-hydrogen) atoms. The predicted octanol–water partition coefficient (Wildman–Crippen LogP) is 3.45. The average molecular weight is 219 g/mol. The summed E-state index contributed by atoms with van der Waals surface area (Å²) >= 11 is 0. The zero-order valence-electron chi connectivity index (χ0n) is 10.0. The van der Waals surface area contributed by atoms with Crippen molar-refractivity contribution >= 4 is 0 Å². The van der Waals surface area contributed by atoms with Crippen LogP contribution in [0.15, 0.2) is 0 Å². The summed E-state index contributed by atoms with van der Waals surface area (Å²) in [5.41, 5.74) is 0. The SMILES string of the molecule is CCC(C)C(NC)C1CCC(F)(F)CC1. The van der Waals surface area contributed by atoms with Crippen molar-refractivity contribution in [3.63, 3.8) is 0 Å². The lowest BCUT2D eigenvalue weighted by atomic mass is 9.77. The van der Waals surface area contributed by atoms with E-state index in [1.54, 1.807) is 0 Å². The summed E-state index contributed by atoms with van der Waals surface area (Å²) in [7, 11) is 1.95. The van der Waals surface area contributed by atoms with Crippen LogP contribution in [0, 0.1) is 11.8 Å². The van der Waals surface area contributed by atoms with Crippen LogP contribution in [0.5, 0.6) is 0 Å². The molecule has 1 aliphatic carbocycles. The highest BCUT2D eigenvalue weighted by Gasteiger charge is 2.38. The largest absolute Gasteiger partial charge is 0.316 e. The summed E-state index contributed by atoms with van der Waals surface area (Å²) in [6.07, 6.45) is 2.60. The van der Waals surface area contributed by atoms with E-state index >= 15 is 0 Å². The van der Waals surface area contributed by atoms with Crippen LogP contribution in [0.3, 0.4) is 0 Å². The van der Waals surface area contributed by atoms with Crippen molar-refractivity contribution in [3.8, 4) is 0 Å². The summed E-state index contributed by atoms with van der Waals surface area (Å²) in [4.78, 5) is 0. The minimum atomic E-state index is -2.40. The fourth-order valence-corrected chi connectivity index (χ4v) is 2.66. The molecule has 0 saturated heterocycles. The van der Waals surface area contributed by atoms with Crippen molar-refractivity contribution in [1.82, 2.24) is 5.32 Å². The molecule has 1 fully saturated rings. The lowest BCUT2D eigenvalue weighted by Crippen LogP contribution is -2.42. The van der Waals surface area contributed by atoms with Crippen molar-refractivity contribution in [1.29, 1.82) is 0 Å². The monoisotopic (exact) mass is 219 g/mol. The van der Waals surface area contributed by atoms with Gasteiger partial charge in [0.2, 0.25) is 5.92 Å². The van der Waals surface area contributed by atoms with Gasteiger partial charge in [-0.1, -0.05) is 20.3 Å². The lowest BCUT2D eigenvalue weighted by Gasteiger charge is -2.36. The van der Waals surface area contributed by atoms with Crippen molar-refractivity contribution in [2.75, 3.05) is 7.05 Å². The molecule has 0 aliphatic heterocycles. The second-order valence-corrected chi connectivity index (χ2v) is 4.89. The maximum Gasteiger partial charge on any atom is 0.248 e. The van der Waals surface area contributed by atoms with Gasteiger partial charge in [0, 0.05) is 18.9 Å². The molecule has 1 N–H and O–H groups in total. The Morgan fingerprint density at radius 2 is 1.87 bits per heavy atom. The fourth-order valence-electron chi connectivity index (χ4n) is 2.66. The maximum absolute atomic E-state index is 13.0. The van der Waals surface area contributed by atoms with Crippen molar-refractivity contribution in [2.45, 2.75) is 57.9 Å². The van der Waals surface area contributed by atoms with Gasteiger partial charge in [0.25, 0.3) is 0 Å². The van der Waals surface area contributed by atoms with Gasteiger partial charge < -0.3 is 5.32 Å². The molecule has 2 atom stereocenters. The molecule has 0 spiro atoms. The standard InChI is InChI=1S/C12H23F2N/c1-4-9(2)11(15-3)10-5-7-12(13,14)8-6-10/h9-11,15H,4-8H2,1-3H3. The van der Waals surface area contributed by atoms with Gasteiger partial charge in [-0.15, -0.1) is 0 Å². The first-order chi connectivity index (χ1) is 7.00. The summed E-state index contributed by atoms with van der Waals surface area (Å²) in [6, 6.07) is 0.408. The van der Waals surface area contributed by atoms with Crippen molar-refractivity contribution < 1.29 is 8.78 Å². The molecule has 0 bridgehead atoms. The van der Waals surface area contributed by atoms with Crippen LogP contribution < -0.4 is 5.32 Å². The molecule has 1 nitrogen and oxygen atoms in total. The van der Waals surface area contributed by atoms with Crippen LogP contribution >= 0.6 is 0 Å². The summed E-state index contributed by atoms with van der Waals surface area (Å²) in [6.45, 7) is 4.36. The molecule has 0 aromatic rings. The van der Waals surface area contributed by atoms with Gasteiger partial charge in [-0.25, -0.2) is 8.78 Å². The Bertz CT molecular complexity index is 184. The molecule has 90 valence electrons. The van der Waals surface area contributed by atoms with Gasteiger partial charge in [0.15, 0.2) is 0 Å². The Morgan fingerprint density at radius 3 is 2.27 bits per heavy atom. The first kappa shape index (κ1) is 12.9. The summed E-state index contributed by atoms with van der Waals surface area (Å²) < 4.78 is 26.0. The highest BCUT2D eigenvalue weighted by atomic mass is 19.3. The van der Waals surface area contributed by atoms with Crippen LogP contribution in [0.2, 0.25) is 0 Å². The Morgan fingerprint density at radius 1 is 1.33 bits per heavy atom. The third-order valence-electron chi connectivity index (χ3n) is 3.86. The minimum Gasteiger partial charge on any atom is -0.316 e. The number of hydrogen-bond donors (Lipinski definition) is 1. The van der Waals surface area contributed by atoms with Crippen LogP contribution in [0.4, 0.5) is 8.78 Å². The second kappa shape index (κ2) is 5.24. The normalized spacial score (nSPS) is 26.2. The lowest BCUT2D eigenvalue weighted by molar-refractivity contribution is -0.0514. The Labute approximate surface area is 91.6 Å². The Balaban J connectivity index is 2.50. The Hall–Kier alpha value is -0.180. The number of rotatable bonds is 4. The number of alkyl halides is 2. The van der Waals surface area contributed by atoms with Gasteiger partial charge in [-0.2, -0.15) is 0 Å². The molecule has 1 saturated carbocycles. The maximum atomic E-state index is 13.0. The molecule has 0 heterocycles. The molecule has 0 radical (unpaired) electrons. The molecule has 1 rings (SSSR count). The zero-order chi connectivity index (χ0) is 11.5. The molecule has 0 aromatic heterocycles. The molecular weight excluding hydrogens is 196 g/mol. The fraction of sp³-hybridized carbons (Fsp3) is 1.00. The predicted molar refractivity (Wildman–Crippen MR) is 59.2 cm³/mol. The molecule has 0 amide bonds. The van der Waals surface area contributed by atoms with E-state index in [4.69, 9.17) is 0 Å². The summed E-state index contributed by atoms with van der Waals surface area (Å²) in [5.74, 6) is -1.39. The minimum absolute atomic E-state index is 0.0757. The van der Waals surface area contributed by atoms with Crippen LogP contribution in [0.1, 0.15) is 46.0 Å². The van der Waals surface area contributed by atoms with E-state index < -0.39 is 5.92 Å². The van der Waals surface area contributed by atoms with Gasteiger partial charge in [0.1, 0.15) is 0 Å². The van der Waals surface area contributed by atoms with Gasteiger partial charge in [-0.3, -0.25) is 0 Å². The summed E-state index contributed by atoms with van der Waals surface area (Å²) in [5, 5.41) is 3.30. The smallest absolute Gasteiger partial charge is 0.248 e. The number of nitrogens with one attached hydrogen (secondary N) is 1. The Kier molecular flexibility index (Phi) is 4.50. The first-order valence-electron chi connectivity index (χ1n) is 6.05. The van der Waals surface area contributed by atoms with Gasteiger partial charge in [0.05, 0.1) is 0 Å². The third kappa shape index (κ3) is 3.40. The van der Waals surface area contributed by atoms with Crippen molar-refractivity contribution in [3.05, 3.63) is 0 Å². The van der Waals surface area contributed by atoms with Gasteiger partial charge >= 0.3 is 0 Å². The highest BCUT2D eigenvalue weighted by molar-refractivity contribution is 4.86. The van der Waals surface area contributed by atoms with E-state index in [-0.39, 0.29) is 12.8 Å². The quantitative estimate of drug-likeness (QED) is 0.763. The topological polar surface area (TPSA) is 12.0 Å². The van der Waals surface area contributed by atoms with Gasteiger partial charge in [-0.05, 0) is 31.7 Å². The number of halogens is 2. The zero-order valence-corrected chi connectivity index (χ0v) is 10.0. The van der Waals surface area contributed by atoms with E-state index in [9.17, 15) is 8.78 Å². The van der Waals surface area contributed by atoms with E-state index in [0.29, 0.717) is 30.7 Å². The molecule has 3 heteroatoms. The second-order valence-electron chi connectivity index (χ2n) is 4.89. The highest BCUT2D eigenvalue weighted by Crippen LogP contribution is 2.38. The number of hydrogen-bond acceptors (Lipinski definition) is 1. The van der Waals surface area contributed by atoms with E-state index in [2.05, 4.69) is 19.2 Å². The van der Waals surface area contributed by atoms with Crippen molar-refractivity contribution in [2.24, 2.45) is 11.8 Å². The van der Waals surface area contributed by atoms with E-state index in [1.165, 1.54) is 0 Å². The molecule has 1 aliphatic rings. The third-order valence-corrected chi connectivity index (χ3v) is 3.86. The van der Waals surface area contributed by atoms with E-state index in [0.717, 1.165) is 6.42 Å². The van der Waals surface area contributed by atoms with Crippen LogP contribution in [-0.4, -0.2) is 19.0 Å². The average Bonchev–Trinajstić information content (AvgIpc) is 2.21. The van der Waals surface area contributed by atoms with Crippen LogP contribution in [0.25, 0.3) is 0 Å². The molecular formula is C12H23F2N. The van der Waals surface area contributed by atoms with Crippen LogP contribution in [-0.2, 0) is 0 Å². The first-order valence-corrected chi connectivity index (χ1v) is 6.05. The molecule has 2 unspecified atom stereocenters. The van der Waals surface area contributed by atoms with E-state index in [1.807, 2.05) is 7.05 Å². The molecule has 0 aromatic carbocycles.